The van der Waals surface area contributed by atoms with Crippen LogP contribution < -0.4 is 4.74 Å². The van der Waals surface area contributed by atoms with Crippen molar-refractivity contribution in [2.75, 3.05) is 6.61 Å². The molecular weight excluding hydrogens is 281 g/mol. The maximum absolute atomic E-state index is 12.9. The molecule has 2 atom stereocenters. The molecule has 1 aliphatic heterocycles. The Morgan fingerprint density at radius 2 is 2.05 bits per heavy atom. The third-order valence-corrected chi connectivity index (χ3v) is 4.49. The first-order valence-corrected chi connectivity index (χ1v) is 7.32. The van der Waals surface area contributed by atoms with E-state index in [0.29, 0.717) is 30.8 Å². The minimum Gasteiger partial charge on any atom is -0.492 e. The zero-order valence-corrected chi connectivity index (χ0v) is 11.6. The molecule has 0 radical (unpaired) electrons. The number of para-hydroxylation sites is 1. The average Bonchev–Trinajstić information content (AvgIpc) is 2.94. The second-order valence-corrected chi connectivity index (χ2v) is 5.86. The number of benzene rings is 1. The molecule has 5 heteroatoms. The highest BCUT2D eigenvalue weighted by Crippen LogP contribution is 2.42. The molecule has 0 N–H and O–H groups in total. The van der Waals surface area contributed by atoms with Gasteiger partial charge in [0.15, 0.2) is 5.78 Å². The molecule has 1 saturated carbocycles. The molecule has 2 nitrogen and oxygen atoms in total. The van der Waals surface area contributed by atoms with E-state index in [1.807, 2.05) is 6.07 Å². The van der Waals surface area contributed by atoms with E-state index >= 15 is 0 Å². The first kappa shape index (κ1) is 14.4. The molecule has 0 spiro atoms. The number of hydrogen-bond acceptors (Lipinski definition) is 2. The van der Waals surface area contributed by atoms with Crippen LogP contribution in [0.1, 0.15) is 41.6 Å². The molecule has 1 aromatic carbocycles. The summed E-state index contributed by atoms with van der Waals surface area (Å²) < 4.78 is 44.1. The lowest BCUT2D eigenvalue weighted by Crippen LogP contribution is -2.31. The number of halogens is 3. The van der Waals surface area contributed by atoms with Crippen molar-refractivity contribution in [1.82, 2.24) is 0 Å². The van der Waals surface area contributed by atoms with Gasteiger partial charge < -0.3 is 4.74 Å². The average molecular weight is 298 g/mol. The highest BCUT2D eigenvalue weighted by atomic mass is 19.4. The highest BCUT2D eigenvalue weighted by molar-refractivity contribution is 6.00. The van der Waals surface area contributed by atoms with Crippen LogP contribution in [-0.2, 0) is 6.42 Å². The molecule has 2 aliphatic rings. The van der Waals surface area contributed by atoms with E-state index in [9.17, 15) is 18.0 Å². The Bertz CT molecular complexity index is 551. The van der Waals surface area contributed by atoms with Gasteiger partial charge in [-0.2, -0.15) is 13.2 Å². The maximum atomic E-state index is 12.9. The van der Waals surface area contributed by atoms with Gasteiger partial charge in [-0.05, 0) is 30.9 Å². The van der Waals surface area contributed by atoms with Gasteiger partial charge in [0.1, 0.15) is 5.75 Å². The summed E-state index contributed by atoms with van der Waals surface area (Å²) in [5.41, 5.74) is 1.43. The van der Waals surface area contributed by atoms with Crippen LogP contribution in [0.3, 0.4) is 0 Å². The number of fused-ring (bicyclic) bond motifs is 1. The summed E-state index contributed by atoms with van der Waals surface area (Å²) in [7, 11) is 0. The number of carbonyl (C=O) groups excluding carboxylic acids is 1. The smallest absolute Gasteiger partial charge is 0.391 e. The number of rotatable bonds is 2. The van der Waals surface area contributed by atoms with Crippen molar-refractivity contribution in [3.63, 3.8) is 0 Å². The lowest BCUT2D eigenvalue weighted by molar-refractivity contribution is -0.184. The summed E-state index contributed by atoms with van der Waals surface area (Å²) in [6.07, 6.45) is -2.41. The minimum absolute atomic E-state index is 0.0913. The third-order valence-electron chi connectivity index (χ3n) is 4.49. The second-order valence-electron chi connectivity index (χ2n) is 5.86. The maximum Gasteiger partial charge on any atom is 0.391 e. The predicted octanol–water partition coefficient (Wildman–Crippen LogP) is 4.17. The van der Waals surface area contributed by atoms with E-state index in [1.165, 1.54) is 0 Å². The molecule has 0 amide bonds. The van der Waals surface area contributed by atoms with Crippen molar-refractivity contribution in [3.8, 4) is 5.75 Å². The van der Waals surface area contributed by atoms with Crippen LogP contribution in [0.25, 0.3) is 0 Å². The van der Waals surface area contributed by atoms with E-state index in [2.05, 4.69) is 0 Å². The van der Waals surface area contributed by atoms with Gasteiger partial charge in [-0.15, -0.1) is 0 Å². The molecule has 1 fully saturated rings. The normalized spacial score (nSPS) is 25.3. The monoisotopic (exact) mass is 298 g/mol. The summed E-state index contributed by atoms with van der Waals surface area (Å²) in [6, 6.07) is 5.35. The quantitative estimate of drug-likeness (QED) is 0.766. The fraction of sp³-hybridized carbons (Fsp3) is 0.562. The number of alkyl halides is 3. The molecule has 114 valence electrons. The van der Waals surface area contributed by atoms with Crippen molar-refractivity contribution < 1.29 is 22.7 Å². The van der Waals surface area contributed by atoms with Crippen molar-refractivity contribution in [2.24, 2.45) is 11.8 Å². The fourth-order valence-electron chi connectivity index (χ4n) is 3.35. The molecule has 0 aromatic heterocycles. The number of ether oxygens (including phenoxy) is 1. The topological polar surface area (TPSA) is 26.3 Å². The second kappa shape index (κ2) is 5.35. The number of Topliss-reactive ketones (excluding diaryl/α,β-unsaturated/α-hetero) is 1. The van der Waals surface area contributed by atoms with E-state index < -0.39 is 18.0 Å². The van der Waals surface area contributed by atoms with Gasteiger partial charge in [0.05, 0.1) is 18.1 Å². The molecule has 3 rings (SSSR count). The van der Waals surface area contributed by atoms with E-state index in [4.69, 9.17) is 4.74 Å². The van der Waals surface area contributed by atoms with Crippen molar-refractivity contribution in [2.45, 2.75) is 38.3 Å². The molecule has 2 unspecified atom stereocenters. The lowest BCUT2D eigenvalue weighted by atomic mass is 9.77. The Hall–Kier alpha value is -1.52. The van der Waals surface area contributed by atoms with Crippen LogP contribution in [0, 0.1) is 11.8 Å². The molecule has 1 heterocycles. The molecule has 0 bridgehead atoms. The Morgan fingerprint density at radius 3 is 2.81 bits per heavy atom. The van der Waals surface area contributed by atoms with Crippen LogP contribution in [0.15, 0.2) is 18.2 Å². The molecule has 0 saturated heterocycles. The van der Waals surface area contributed by atoms with Gasteiger partial charge in [-0.1, -0.05) is 18.6 Å². The first-order chi connectivity index (χ1) is 9.97. The number of ketones is 1. The van der Waals surface area contributed by atoms with E-state index in [1.54, 1.807) is 12.1 Å². The summed E-state index contributed by atoms with van der Waals surface area (Å²) in [4.78, 5) is 12.6. The summed E-state index contributed by atoms with van der Waals surface area (Å²) in [6.45, 7) is 0.537. The summed E-state index contributed by atoms with van der Waals surface area (Å²) in [5, 5.41) is 0. The van der Waals surface area contributed by atoms with Crippen LogP contribution in [0.5, 0.6) is 5.75 Å². The lowest BCUT2D eigenvalue weighted by Gasteiger charge is -2.29. The van der Waals surface area contributed by atoms with Gasteiger partial charge in [0.25, 0.3) is 0 Å². The van der Waals surface area contributed by atoms with E-state index in [-0.39, 0.29) is 18.6 Å². The Balaban J connectivity index is 1.81. The zero-order valence-electron chi connectivity index (χ0n) is 11.6. The molecular formula is C16H17F3O2. The van der Waals surface area contributed by atoms with Crippen LogP contribution in [-0.4, -0.2) is 18.6 Å². The zero-order chi connectivity index (χ0) is 15.0. The van der Waals surface area contributed by atoms with Gasteiger partial charge in [-0.25, -0.2) is 0 Å². The first-order valence-electron chi connectivity index (χ1n) is 7.32. The minimum atomic E-state index is -4.20. The fourth-order valence-corrected chi connectivity index (χ4v) is 3.35. The van der Waals surface area contributed by atoms with Gasteiger partial charge in [0.2, 0.25) is 0 Å². The highest BCUT2D eigenvalue weighted by Gasteiger charge is 2.44. The van der Waals surface area contributed by atoms with E-state index in [0.717, 1.165) is 12.0 Å². The predicted molar refractivity (Wildman–Crippen MR) is 71.5 cm³/mol. The molecule has 1 aromatic rings. The van der Waals surface area contributed by atoms with Crippen molar-refractivity contribution in [3.05, 3.63) is 29.3 Å². The third kappa shape index (κ3) is 2.78. The Labute approximate surface area is 121 Å². The van der Waals surface area contributed by atoms with Crippen LogP contribution >= 0.6 is 0 Å². The summed E-state index contributed by atoms with van der Waals surface area (Å²) >= 11 is 0. The summed E-state index contributed by atoms with van der Waals surface area (Å²) in [5.74, 6) is -1.50. The Kier molecular flexibility index (Phi) is 3.68. The molecule has 21 heavy (non-hydrogen) atoms. The largest absolute Gasteiger partial charge is 0.492 e. The standard InChI is InChI=1S/C16H17F3O2/c17-16(18,19)12-5-1-4-11(9-12)14(20)13-6-2-3-10-7-8-21-15(10)13/h2-3,6,11-12H,1,4-5,7-9H2. The van der Waals surface area contributed by atoms with Crippen molar-refractivity contribution >= 4 is 5.78 Å². The van der Waals surface area contributed by atoms with Gasteiger partial charge in [-0.3, -0.25) is 4.79 Å². The van der Waals surface area contributed by atoms with Crippen molar-refractivity contribution in [1.29, 1.82) is 0 Å². The number of hydrogen-bond donors (Lipinski definition) is 0. The SMILES string of the molecule is O=C(c1cccc2c1OCC2)C1CCCC(C(F)(F)F)C1. The van der Waals surface area contributed by atoms with Gasteiger partial charge >= 0.3 is 6.18 Å². The van der Waals surface area contributed by atoms with Crippen LogP contribution in [0.4, 0.5) is 13.2 Å². The Morgan fingerprint density at radius 1 is 1.24 bits per heavy atom. The van der Waals surface area contributed by atoms with Crippen LogP contribution in [0.2, 0.25) is 0 Å². The van der Waals surface area contributed by atoms with Gasteiger partial charge in [0, 0.05) is 12.3 Å². The molecule has 1 aliphatic carbocycles. The number of carbonyl (C=O) groups is 1.